The van der Waals surface area contributed by atoms with Crippen molar-refractivity contribution in [3.63, 3.8) is 0 Å². The maximum absolute atomic E-state index is 12.6. The van der Waals surface area contributed by atoms with Crippen LogP contribution in [0.5, 0.6) is 0 Å². The third kappa shape index (κ3) is 8.21. The van der Waals surface area contributed by atoms with Crippen LogP contribution in [0.3, 0.4) is 0 Å². The molecule has 0 atom stereocenters. The molecule has 0 nitrogen and oxygen atoms in total. The number of hydrogen-bond donors (Lipinski definition) is 0. The van der Waals surface area contributed by atoms with Gasteiger partial charge in [0.15, 0.2) is 0 Å². The molecular weight excluding hydrogens is 230 g/mol. The highest BCUT2D eigenvalue weighted by Crippen LogP contribution is 2.09. The Hall–Kier alpha value is -0.920. The van der Waals surface area contributed by atoms with Crippen molar-refractivity contribution in [2.24, 2.45) is 0 Å². The van der Waals surface area contributed by atoms with Gasteiger partial charge in [-0.15, -0.1) is 0 Å². The Labute approximate surface area is 110 Å². The molecule has 18 heavy (non-hydrogen) atoms. The second-order valence-electron chi connectivity index (χ2n) is 4.50. The van der Waals surface area contributed by atoms with Crippen molar-refractivity contribution in [1.29, 1.82) is 0 Å². The lowest BCUT2D eigenvalue weighted by Gasteiger charge is -1.96. The van der Waals surface area contributed by atoms with E-state index in [0.29, 0.717) is 12.0 Å². The van der Waals surface area contributed by atoms with Gasteiger partial charge in [-0.25, -0.2) is 8.78 Å². The Morgan fingerprint density at radius 1 is 0.833 bits per heavy atom. The Kier molecular flexibility index (Phi) is 10.6. The number of benzene rings is 1. The van der Waals surface area contributed by atoms with Gasteiger partial charge in [0, 0.05) is 0 Å². The van der Waals surface area contributed by atoms with Crippen molar-refractivity contribution < 1.29 is 8.78 Å². The molecule has 0 aliphatic carbocycles. The molecule has 0 amide bonds. The van der Waals surface area contributed by atoms with Crippen LogP contribution in [0.4, 0.5) is 8.78 Å². The Morgan fingerprint density at radius 2 is 1.39 bits per heavy atom. The van der Waals surface area contributed by atoms with E-state index in [0.717, 1.165) is 12.1 Å². The largest absolute Gasteiger partial charge is 0.207 e. The van der Waals surface area contributed by atoms with Gasteiger partial charge in [-0.05, 0) is 30.2 Å². The SMILES string of the molecule is CCCCCCCC.CCc1cc(F)ccc1F. The number of aryl methyl sites for hydroxylation is 1. The van der Waals surface area contributed by atoms with Crippen molar-refractivity contribution in [2.75, 3.05) is 0 Å². The summed E-state index contributed by atoms with van der Waals surface area (Å²) in [5.74, 6) is -0.706. The fourth-order valence-electron chi connectivity index (χ4n) is 1.67. The zero-order valence-corrected chi connectivity index (χ0v) is 11.9. The van der Waals surface area contributed by atoms with Crippen LogP contribution in [-0.2, 0) is 6.42 Å². The standard InChI is InChI=1S/C8H8F2.C8H18/c1-2-6-5-7(9)3-4-8(6)10;1-3-5-7-8-6-4-2/h3-5H,2H2,1H3;3-8H2,1-2H3. The van der Waals surface area contributed by atoms with Crippen LogP contribution in [0.2, 0.25) is 0 Å². The maximum atomic E-state index is 12.6. The van der Waals surface area contributed by atoms with E-state index in [1.807, 2.05) is 0 Å². The van der Waals surface area contributed by atoms with Crippen LogP contribution in [0.15, 0.2) is 18.2 Å². The molecule has 2 heteroatoms. The van der Waals surface area contributed by atoms with Crippen LogP contribution >= 0.6 is 0 Å². The minimum absolute atomic E-state index is 0.330. The number of unbranched alkanes of at least 4 members (excludes halogenated alkanes) is 5. The van der Waals surface area contributed by atoms with Crippen molar-refractivity contribution in [3.05, 3.63) is 35.4 Å². The van der Waals surface area contributed by atoms with E-state index < -0.39 is 0 Å². The summed E-state index contributed by atoms with van der Waals surface area (Å²) >= 11 is 0. The molecule has 0 fully saturated rings. The molecule has 0 N–H and O–H groups in total. The Morgan fingerprint density at radius 3 is 1.78 bits per heavy atom. The van der Waals surface area contributed by atoms with E-state index >= 15 is 0 Å². The van der Waals surface area contributed by atoms with Crippen LogP contribution in [0, 0.1) is 11.6 Å². The van der Waals surface area contributed by atoms with Crippen LogP contribution in [0.25, 0.3) is 0 Å². The van der Waals surface area contributed by atoms with Crippen molar-refractivity contribution >= 4 is 0 Å². The average molecular weight is 256 g/mol. The first kappa shape index (κ1) is 17.1. The van der Waals surface area contributed by atoms with E-state index in [1.54, 1.807) is 6.92 Å². The molecule has 0 unspecified atom stereocenters. The van der Waals surface area contributed by atoms with E-state index in [4.69, 9.17) is 0 Å². The van der Waals surface area contributed by atoms with Gasteiger partial charge in [-0.3, -0.25) is 0 Å². The van der Waals surface area contributed by atoms with Crippen LogP contribution in [0.1, 0.15) is 64.9 Å². The van der Waals surface area contributed by atoms with E-state index in [-0.39, 0.29) is 11.6 Å². The Balaban J connectivity index is 0.000000331. The summed E-state index contributed by atoms with van der Waals surface area (Å²) in [6, 6.07) is 3.48. The highest BCUT2D eigenvalue weighted by molar-refractivity contribution is 5.18. The lowest BCUT2D eigenvalue weighted by atomic mass is 10.1. The van der Waals surface area contributed by atoms with Gasteiger partial charge in [0.25, 0.3) is 0 Å². The van der Waals surface area contributed by atoms with Crippen molar-refractivity contribution in [3.8, 4) is 0 Å². The summed E-state index contributed by atoms with van der Waals surface area (Å²) in [6.45, 7) is 6.30. The molecule has 0 bridgehead atoms. The molecule has 1 aromatic rings. The minimum Gasteiger partial charge on any atom is -0.207 e. The number of hydrogen-bond acceptors (Lipinski definition) is 0. The molecule has 0 spiro atoms. The van der Waals surface area contributed by atoms with E-state index in [9.17, 15) is 8.78 Å². The summed E-state index contributed by atoms with van der Waals surface area (Å²) in [7, 11) is 0. The highest BCUT2D eigenvalue weighted by atomic mass is 19.1. The fraction of sp³-hybridized carbons (Fsp3) is 0.625. The first-order valence-electron chi connectivity index (χ1n) is 7.09. The zero-order valence-electron chi connectivity index (χ0n) is 11.9. The summed E-state index contributed by atoms with van der Waals surface area (Å²) in [4.78, 5) is 0. The van der Waals surface area contributed by atoms with Gasteiger partial charge in [0.05, 0.1) is 0 Å². The third-order valence-electron chi connectivity index (χ3n) is 2.85. The average Bonchev–Trinajstić information content (AvgIpc) is 2.38. The molecule has 0 saturated heterocycles. The molecule has 1 rings (SSSR count). The predicted molar refractivity (Wildman–Crippen MR) is 74.8 cm³/mol. The van der Waals surface area contributed by atoms with Gasteiger partial charge in [0.1, 0.15) is 11.6 Å². The van der Waals surface area contributed by atoms with Gasteiger partial charge >= 0.3 is 0 Å². The van der Waals surface area contributed by atoms with Gasteiger partial charge in [0.2, 0.25) is 0 Å². The number of halogens is 2. The van der Waals surface area contributed by atoms with Gasteiger partial charge < -0.3 is 0 Å². The van der Waals surface area contributed by atoms with Crippen LogP contribution < -0.4 is 0 Å². The molecule has 0 aliphatic heterocycles. The van der Waals surface area contributed by atoms with E-state index in [1.165, 1.54) is 44.6 Å². The number of rotatable bonds is 6. The highest BCUT2D eigenvalue weighted by Gasteiger charge is 1.99. The smallest absolute Gasteiger partial charge is 0.126 e. The Bertz CT molecular complexity index is 302. The molecule has 104 valence electrons. The first-order chi connectivity index (χ1) is 8.65. The van der Waals surface area contributed by atoms with Crippen LogP contribution in [-0.4, -0.2) is 0 Å². The molecular formula is C16H26F2. The van der Waals surface area contributed by atoms with E-state index in [2.05, 4.69) is 13.8 Å². The quantitative estimate of drug-likeness (QED) is 0.556. The van der Waals surface area contributed by atoms with Gasteiger partial charge in [-0.2, -0.15) is 0 Å². The topological polar surface area (TPSA) is 0 Å². The summed E-state index contributed by atoms with van der Waals surface area (Å²) < 4.78 is 25.0. The molecule has 0 saturated carbocycles. The molecule has 0 aromatic heterocycles. The molecule has 1 aromatic carbocycles. The second-order valence-corrected chi connectivity index (χ2v) is 4.50. The first-order valence-corrected chi connectivity index (χ1v) is 7.09. The molecule has 0 radical (unpaired) electrons. The van der Waals surface area contributed by atoms with Gasteiger partial charge in [-0.1, -0.05) is 59.3 Å². The lowest BCUT2D eigenvalue weighted by molar-refractivity contribution is 0.587. The predicted octanol–water partition coefficient (Wildman–Crippen LogP) is 5.89. The normalized spacial score (nSPS) is 9.83. The fourth-order valence-corrected chi connectivity index (χ4v) is 1.67. The maximum Gasteiger partial charge on any atom is 0.126 e. The summed E-state index contributed by atoms with van der Waals surface area (Å²) in [5.41, 5.74) is 0.431. The second kappa shape index (κ2) is 11.2. The summed E-state index contributed by atoms with van der Waals surface area (Å²) in [6.07, 6.45) is 9.02. The zero-order chi connectivity index (χ0) is 13.8. The van der Waals surface area contributed by atoms with Crippen molar-refractivity contribution in [1.82, 2.24) is 0 Å². The molecule has 0 aliphatic rings. The third-order valence-corrected chi connectivity index (χ3v) is 2.85. The minimum atomic E-state index is -0.377. The monoisotopic (exact) mass is 256 g/mol. The lowest BCUT2D eigenvalue weighted by Crippen LogP contribution is -1.87. The molecule has 0 heterocycles. The summed E-state index contributed by atoms with van der Waals surface area (Å²) in [5, 5.41) is 0. The van der Waals surface area contributed by atoms with Crippen molar-refractivity contribution in [2.45, 2.75) is 65.7 Å².